The molecule has 1 aliphatic rings. The molecule has 1 aliphatic heterocycles. The van der Waals surface area contributed by atoms with Crippen molar-refractivity contribution in [1.29, 1.82) is 5.26 Å². The lowest BCUT2D eigenvalue weighted by Crippen LogP contribution is -2.26. The van der Waals surface area contributed by atoms with E-state index < -0.39 is 0 Å². The first-order chi connectivity index (χ1) is 9.79. The predicted octanol–water partition coefficient (Wildman–Crippen LogP) is 3.27. The van der Waals surface area contributed by atoms with Gasteiger partial charge < -0.3 is 9.64 Å². The Balaban J connectivity index is 2.02. The molecular weight excluding hydrogens is 248 g/mol. The molecule has 0 bridgehead atoms. The van der Waals surface area contributed by atoms with E-state index in [0.717, 1.165) is 41.2 Å². The van der Waals surface area contributed by atoms with E-state index in [4.69, 9.17) is 4.74 Å². The first-order valence-electron chi connectivity index (χ1n) is 6.75. The third-order valence-corrected chi connectivity index (χ3v) is 3.63. The molecule has 20 heavy (non-hydrogen) atoms. The summed E-state index contributed by atoms with van der Waals surface area (Å²) in [5.74, 6) is 0.946. The van der Waals surface area contributed by atoms with Crippen LogP contribution in [0.4, 0.5) is 5.69 Å². The second-order valence-electron chi connectivity index (χ2n) is 4.96. The van der Waals surface area contributed by atoms with E-state index in [-0.39, 0.29) is 0 Å². The Morgan fingerprint density at radius 2 is 2.00 bits per heavy atom. The average Bonchev–Trinajstić information content (AvgIpc) is 2.68. The Morgan fingerprint density at radius 1 is 1.15 bits per heavy atom. The van der Waals surface area contributed by atoms with Gasteiger partial charge in [0.05, 0.1) is 17.8 Å². The smallest absolute Gasteiger partial charge is 0.124 e. The van der Waals surface area contributed by atoms with Crippen LogP contribution >= 0.6 is 0 Å². The van der Waals surface area contributed by atoms with Gasteiger partial charge in [-0.2, -0.15) is 5.26 Å². The largest absolute Gasteiger partial charge is 0.491 e. The van der Waals surface area contributed by atoms with E-state index in [2.05, 4.69) is 17.0 Å². The molecule has 100 valence electrons. The molecule has 0 saturated carbocycles. The van der Waals surface area contributed by atoms with E-state index in [1.807, 2.05) is 43.3 Å². The van der Waals surface area contributed by atoms with Crippen LogP contribution in [0, 0.1) is 18.3 Å². The van der Waals surface area contributed by atoms with Crippen molar-refractivity contribution in [2.24, 2.45) is 0 Å². The number of hydrogen-bond acceptors (Lipinski definition) is 3. The van der Waals surface area contributed by atoms with Crippen LogP contribution in [-0.2, 0) is 6.54 Å². The molecule has 0 aliphatic carbocycles. The SMILES string of the molecule is Cc1cccc(C#N)c1N1CCOc2ccccc2C1. The third kappa shape index (κ3) is 2.21. The maximum Gasteiger partial charge on any atom is 0.124 e. The van der Waals surface area contributed by atoms with Gasteiger partial charge in [-0.05, 0) is 24.6 Å². The summed E-state index contributed by atoms with van der Waals surface area (Å²) in [6.07, 6.45) is 0. The van der Waals surface area contributed by atoms with Crippen molar-refractivity contribution in [2.45, 2.75) is 13.5 Å². The van der Waals surface area contributed by atoms with Gasteiger partial charge in [-0.3, -0.25) is 0 Å². The minimum atomic E-state index is 0.635. The van der Waals surface area contributed by atoms with Crippen molar-refractivity contribution in [3.8, 4) is 11.8 Å². The van der Waals surface area contributed by atoms with Crippen molar-refractivity contribution in [2.75, 3.05) is 18.1 Å². The van der Waals surface area contributed by atoms with Gasteiger partial charge in [-0.25, -0.2) is 0 Å². The highest BCUT2D eigenvalue weighted by Crippen LogP contribution is 2.30. The highest BCUT2D eigenvalue weighted by Gasteiger charge is 2.19. The van der Waals surface area contributed by atoms with E-state index in [9.17, 15) is 5.26 Å². The van der Waals surface area contributed by atoms with E-state index >= 15 is 0 Å². The van der Waals surface area contributed by atoms with E-state index in [1.54, 1.807) is 0 Å². The van der Waals surface area contributed by atoms with Crippen LogP contribution < -0.4 is 9.64 Å². The summed E-state index contributed by atoms with van der Waals surface area (Å²) in [4.78, 5) is 2.24. The summed E-state index contributed by atoms with van der Waals surface area (Å²) in [5.41, 5.74) is 4.04. The van der Waals surface area contributed by atoms with Gasteiger partial charge in [-0.1, -0.05) is 30.3 Å². The van der Waals surface area contributed by atoms with Gasteiger partial charge >= 0.3 is 0 Å². The van der Waals surface area contributed by atoms with Crippen LogP contribution in [0.1, 0.15) is 16.7 Å². The zero-order chi connectivity index (χ0) is 13.9. The molecule has 0 unspecified atom stereocenters. The fourth-order valence-corrected chi connectivity index (χ4v) is 2.69. The Labute approximate surface area is 119 Å². The molecule has 0 saturated heterocycles. The molecule has 0 spiro atoms. The zero-order valence-corrected chi connectivity index (χ0v) is 11.5. The standard InChI is InChI=1S/C17H16N2O/c1-13-5-4-7-14(11-18)17(13)19-9-10-20-16-8-3-2-6-15(16)12-19/h2-8H,9-10,12H2,1H3. The van der Waals surface area contributed by atoms with E-state index in [1.165, 1.54) is 0 Å². The number of nitriles is 1. The monoisotopic (exact) mass is 264 g/mol. The molecular formula is C17H16N2O. The molecule has 3 rings (SSSR count). The molecule has 1 heterocycles. The van der Waals surface area contributed by atoms with Gasteiger partial charge in [0.25, 0.3) is 0 Å². The van der Waals surface area contributed by atoms with Crippen LogP contribution in [0.3, 0.4) is 0 Å². The van der Waals surface area contributed by atoms with Gasteiger partial charge in [0.15, 0.2) is 0 Å². The quantitative estimate of drug-likeness (QED) is 0.793. The second-order valence-corrected chi connectivity index (χ2v) is 4.96. The van der Waals surface area contributed by atoms with Gasteiger partial charge in [-0.15, -0.1) is 0 Å². The predicted molar refractivity (Wildman–Crippen MR) is 78.9 cm³/mol. The first-order valence-corrected chi connectivity index (χ1v) is 6.75. The minimum Gasteiger partial charge on any atom is -0.491 e. The summed E-state index contributed by atoms with van der Waals surface area (Å²) in [5, 5.41) is 9.33. The lowest BCUT2D eigenvalue weighted by Gasteiger charge is -2.25. The summed E-state index contributed by atoms with van der Waals surface area (Å²) < 4.78 is 5.79. The Kier molecular flexibility index (Phi) is 3.30. The van der Waals surface area contributed by atoms with Crippen LogP contribution in [-0.4, -0.2) is 13.2 Å². The first kappa shape index (κ1) is 12.6. The summed E-state index contributed by atoms with van der Waals surface area (Å²) in [7, 11) is 0. The molecule has 3 heteroatoms. The lowest BCUT2D eigenvalue weighted by atomic mass is 10.1. The van der Waals surface area contributed by atoms with Gasteiger partial charge in [0.1, 0.15) is 18.4 Å². The number of ether oxygens (including phenoxy) is 1. The number of para-hydroxylation sites is 2. The molecule has 0 radical (unpaired) electrons. The Morgan fingerprint density at radius 3 is 2.85 bits per heavy atom. The molecule has 0 amide bonds. The van der Waals surface area contributed by atoms with Crippen molar-refractivity contribution in [3.63, 3.8) is 0 Å². The molecule has 3 nitrogen and oxygen atoms in total. The van der Waals surface area contributed by atoms with Gasteiger partial charge in [0, 0.05) is 12.1 Å². The molecule has 2 aromatic carbocycles. The maximum atomic E-state index is 9.33. The van der Waals surface area contributed by atoms with E-state index in [0.29, 0.717) is 6.61 Å². The summed E-state index contributed by atoms with van der Waals surface area (Å²) >= 11 is 0. The molecule has 0 aromatic heterocycles. The number of rotatable bonds is 1. The minimum absolute atomic E-state index is 0.635. The number of fused-ring (bicyclic) bond motifs is 1. The van der Waals surface area contributed by atoms with Gasteiger partial charge in [0.2, 0.25) is 0 Å². The average molecular weight is 264 g/mol. The number of aryl methyl sites for hydroxylation is 1. The lowest BCUT2D eigenvalue weighted by molar-refractivity contribution is 0.331. The van der Waals surface area contributed by atoms with Crippen molar-refractivity contribution in [3.05, 3.63) is 59.2 Å². The van der Waals surface area contributed by atoms with Crippen LogP contribution in [0.15, 0.2) is 42.5 Å². The number of benzene rings is 2. The van der Waals surface area contributed by atoms with Crippen molar-refractivity contribution < 1.29 is 4.74 Å². The summed E-state index contributed by atoms with van der Waals surface area (Å²) in [6.45, 7) is 4.24. The summed E-state index contributed by atoms with van der Waals surface area (Å²) in [6, 6.07) is 16.2. The number of anilines is 1. The Hall–Kier alpha value is -2.47. The van der Waals surface area contributed by atoms with Crippen molar-refractivity contribution in [1.82, 2.24) is 0 Å². The molecule has 0 fully saturated rings. The number of nitrogens with zero attached hydrogens (tertiary/aromatic N) is 2. The fraction of sp³-hybridized carbons (Fsp3) is 0.235. The zero-order valence-electron chi connectivity index (χ0n) is 11.5. The molecule has 0 atom stereocenters. The van der Waals surface area contributed by atoms with Crippen LogP contribution in [0.25, 0.3) is 0 Å². The normalized spacial score (nSPS) is 13.9. The van der Waals surface area contributed by atoms with Crippen LogP contribution in [0.5, 0.6) is 5.75 Å². The van der Waals surface area contributed by atoms with Crippen molar-refractivity contribution >= 4 is 5.69 Å². The highest BCUT2D eigenvalue weighted by atomic mass is 16.5. The molecule has 2 aromatic rings. The maximum absolute atomic E-state index is 9.33. The molecule has 0 N–H and O–H groups in total. The van der Waals surface area contributed by atoms with Crippen LogP contribution in [0.2, 0.25) is 0 Å². The third-order valence-electron chi connectivity index (χ3n) is 3.63. The fourth-order valence-electron chi connectivity index (χ4n) is 2.69. The highest BCUT2D eigenvalue weighted by molar-refractivity contribution is 5.64. The number of hydrogen-bond donors (Lipinski definition) is 0. The second kappa shape index (κ2) is 5.26. The topological polar surface area (TPSA) is 36.3 Å². The Bertz CT molecular complexity index is 673.